The Morgan fingerprint density at radius 3 is 3.00 bits per heavy atom. The summed E-state index contributed by atoms with van der Waals surface area (Å²) in [6.45, 7) is 2.20. The van der Waals surface area contributed by atoms with E-state index in [1.54, 1.807) is 11.8 Å². The summed E-state index contributed by atoms with van der Waals surface area (Å²) in [5.41, 5.74) is 0.808. The molecule has 5 heteroatoms. The number of benzene rings is 1. The van der Waals surface area contributed by atoms with E-state index in [1.165, 1.54) is 0 Å². The average molecular weight is 332 g/mol. The van der Waals surface area contributed by atoms with Gasteiger partial charge in [0.25, 0.3) is 0 Å². The van der Waals surface area contributed by atoms with E-state index >= 15 is 0 Å². The Labute approximate surface area is 120 Å². The van der Waals surface area contributed by atoms with Gasteiger partial charge in [-0.15, -0.1) is 0 Å². The molecule has 0 aliphatic rings. The fourth-order valence-corrected chi connectivity index (χ4v) is 2.70. The maximum atomic E-state index is 11.6. The normalized spacial score (nSPS) is 12.2. The molecule has 0 heterocycles. The highest BCUT2D eigenvalue weighted by Crippen LogP contribution is 2.16. The number of nitrogens with one attached hydrogen (secondary N) is 1. The number of amides is 1. The molecule has 0 radical (unpaired) electrons. The van der Waals surface area contributed by atoms with Crippen molar-refractivity contribution in [2.24, 2.45) is 5.92 Å². The molecule has 100 valence electrons. The standard InChI is InChI=1S/C13H18BrNO2S/c1-10(8-16)9-18-6-5-13(17)15-12-4-2-3-11(14)7-12/h2-4,7,10,16H,5-6,8-9H2,1H3,(H,15,17)/t10-/m1/s1. The second-order valence-electron chi connectivity index (χ2n) is 4.17. The predicted octanol–water partition coefficient (Wildman–Crippen LogP) is 3.14. The van der Waals surface area contributed by atoms with E-state index < -0.39 is 0 Å². The Morgan fingerprint density at radius 2 is 2.33 bits per heavy atom. The number of carbonyl (C=O) groups is 1. The van der Waals surface area contributed by atoms with Crippen LogP contribution in [0.5, 0.6) is 0 Å². The lowest BCUT2D eigenvalue weighted by Gasteiger charge is -2.08. The second-order valence-corrected chi connectivity index (χ2v) is 6.24. The molecule has 1 rings (SSSR count). The van der Waals surface area contributed by atoms with Crippen LogP contribution in [0.2, 0.25) is 0 Å². The van der Waals surface area contributed by atoms with Crippen LogP contribution in [0.1, 0.15) is 13.3 Å². The Hall–Kier alpha value is -0.520. The van der Waals surface area contributed by atoms with E-state index in [4.69, 9.17) is 5.11 Å². The molecule has 1 aromatic carbocycles. The largest absolute Gasteiger partial charge is 0.396 e. The van der Waals surface area contributed by atoms with Crippen LogP contribution in [0.15, 0.2) is 28.7 Å². The van der Waals surface area contributed by atoms with Crippen LogP contribution in [0.25, 0.3) is 0 Å². The van der Waals surface area contributed by atoms with E-state index in [1.807, 2.05) is 31.2 Å². The molecular weight excluding hydrogens is 314 g/mol. The van der Waals surface area contributed by atoms with E-state index in [9.17, 15) is 4.79 Å². The number of aliphatic hydroxyl groups excluding tert-OH is 1. The maximum Gasteiger partial charge on any atom is 0.225 e. The zero-order chi connectivity index (χ0) is 13.4. The van der Waals surface area contributed by atoms with Crippen molar-refractivity contribution in [1.82, 2.24) is 0 Å². The number of thioether (sulfide) groups is 1. The van der Waals surface area contributed by atoms with Crippen molar-refractivity contribution >= 4 is 39.3 Å². The number of halogens is 1. The molecular formula is C13H18BrNO2S. The number of hydrogen-bond acceptors (Lipinski definition) is 3. The van der Waals surface area contributed by atoms with Crippen LogP contribution < -0.4 is 5.32 Å². The fourth-order valence-electron chi connectivity index (χ4n) is 1.29. The molecule has 1 atom stereocenters. The Bertz CT molecular complexity index is 387. The van der Waals surface area contributed by atoms with Gasteiger partial charge in [-0.05, 0) is 29.9 Å². The van der Waals surface area contributed by atoms with Gasteiger partial charge in [-0.2, -0.15) is 11.8 Å². The van der Waals surface area contributed by atoms with Crippen LogP contribution in [0.4, 0.5) is 5.69 Å². The lowest BCUT2D eigenvalue weighted by Crippen LogP contribution is -2.13. The summed E-state index contributed by atoms with van der Waals surface area (Å²) in [6, 6.07) is 7.54. The highest BCUT2D eigenvalue weighted by molar-refractivity contribution is 9.10. The van der Waals surface area contributed by atoms with Crippen molar-refractivity contribution in [3.8, 4) is 0 Å². The Kier molecular flexibility index (Phi) is 7.39. The van der Waals surface area contributed by atoms with Gasteiger partial charge in [0.1, 0.15) is 0 Å². The summed E-state index contributed by atoms with van der Waals surface area (Å²) in [5.74, 6) is 1.99. The molecule has 0 saturated carbocycles. The molecule has 18 heavy (non-hydrogen) atoms. The number of rotatable bonds is 7. The van der Waals surface area contributed by atoms with Gasteiger partial charge in [-0.25, -0.2) is 0 Å². The van der Waals surface area contributed by atoms with E-state index in [0.717, 1.165) is 21.7 Å². The molecule has 0 spiro atoms. The van der Waals surface area contributed by atoms with Crippen LogP contribution in [0, 0.1) is 5.92 Å². The van der Waals surface area contributed by atoms with Crippen LogP contribution in [0.3, 0.4) is 0 Å². The second kappa shape index (κ2) is 8.56. The van der Waals surface area contributed by atoms with Gasteiger partial charge in [0.15, 0.2) is 0 Å². The van der Waals surface area contributed by atoms with Gasteiger partial charge < -0.3 is 10.4 Å². The first-order valence-electron chi connectivity index (χ1n) is 5.86. The number of carbonyl (C=O) groups excluding carboxylic acids is 1. The minimum atomic E-state index is 0.0252. The third kappa shape index (κ3) is 6.42. The summed E-state index contributed by atoms with van der Waals surface area (Å²) >= 11 is 5.06. The quantitative estimate of drug-likeness (QED) is 0.754. The molecule has 2 N–H and O–H groups in total. The first kappa shape index (κ1) is 15.5. The molecule has 0 aromatic heterocycles. The van der Waals surface area contributed by atoms with Crippen molar-refractivity contribution in [3.05, 3.63) is 28.7 Å². The monoisotopic (exact) mass is 331 g/mol. The number of aliphatic hydroxyl groups is 1. The summed E-state index contributed by atoms with van der Waals surface area (Å²) < 4.78 is 0.950. The molecule has 1 aromatic rings. The lowest BCUT2D eigenvalue weighted by atomic mass is 10.2. The van der Waals surface area contributed by atoms with Crippen molar-refractivity contribution < 1.29 is 9.90 Å². The lowest BCUT2D eigenvalue weighted by molar-refractivity contribution is -0.115. The Morgan fingerprint density at radius 1 is 1.56 bits per heavy atom. The van der Waals surface area contributed by atoms with Gasteiger partial charge in [-0.3, -0.25) is 4.79 Å². The van der Waals surface area contributed by atoms with Crippen molar-refractivity contribution in [1.29, 1.82) is 0 Å². The van der Waals surface area contributed by atoms with Crippen molar-refractivity contribution in [2.75, 3.05) is 23.4 Å². The van der Waals surface area contributed by atoms with Crippen molar-refractivity contribution in [3.63, 3.8) is 0 Å². The number of anilines is 1. The molecule has 0 unspecified atom stereocenters. The van der Waals surface area contributed by atoms with Gasteiger partial charge in [0.05, 0.1) is 0 Å². The molecule has 0 bridgehead atoms. The Balaban J connectivity index is 2.22. The van der Waals surface area contributed by atoms with Crippen LogP contribution in [-0.2, 0) is 4.79 Å². The smallest absolute Gasteiger partial charge is 0.225 e. The first-order chi connectivity index (χ1) is 8.61. The van der Waals surface area contributed by atoms with Crippen LogP contribution >= 0.6 is 27.7 Å². The van der Waals surface area contributed by atoms with E-state index in [0.29, 0.717) is 12.3 Å². The minimum Gasteiger partial charge on any atom is -0.396 e. The van der Waals surface area contributed by atoms with Gasteiger partial charge in [0, 0.05) is 28.9 Å². The SMILES string of the molecule is C[C@H](CO)CSCCC(=O)Nc1cccc(Br)c1. The molecule has 1 amide bonds. The predicted molar refractivity (Wildman–Crippen MR) is 81.0 cm³/mol. The first-order valence-corrected chi connectivity index (χ1v) is 7.80. The van der Waals surface area contributed by atoms with Gasteiger partial charge in [-0.1, -0.05) is 28.9 Å². The zero-order valence-corrected chi connectivity index (χ0v) is 12.8. The summed E-state index contributed by atoms with van der Waals surface area (Å²) in [5, 5.41) is 11.7. The zero-order valence-electron chi connectivity index (χ0n) is 10.4. The third-order valence-electron chi connectivity index (χ3n) is 2.30. The molecule has 3 nitrogen and oxygen atoms in total. The highest BCUT2D eigenvalue weighted by Gasteiger charge is 2.04. The molecule has 0 aliphatic carbocycles. The molecule has 0 saturated heterocycles. The summed E-state index contributed by atoms with van der Waals surface area (Å²) in [4.78, 5) is 11.6. The molecule has 0 aliphatic heterocycles. The average Bonchev–Trinajstić information content (AvgIpc) is 2.34. The van der Waals surface area contributed by atoms with Crippen molar-refractivity contribution in [2.45, 2.75) is 13.3 Å². The minimum absolute atomic E-state index is 0.0252. The maximum absolute atomic E-state index is 11.6. The topological polar surface area (TPSA) is 49.3 Å². The number of hydrogen-bond donors (Lipinski definition) is 2. The summed E-state index contributed by atoms with van der Waals surface area (Å²) in [6.07, 6.45) is 0.495. The van der Waals surface area contributed by atoms with E-state index in [2.05, 4.69) is 21.2 Å². The van der Waals surface area contributed by atoms with Gasteiger partial charge in [0.2, 0.25) is 5.91 Å². The van der Waals surface area contributed by atoms with Crippen LogP contribution in [-0.4, -0.2) is 29.1 Å². The highest BCUT2D eigenvalue weighted by atomic mass is 79.9. The third-order valence-corrected chi connectivity index (χ3v) is 4.09. The summed E-state index contributed by atoms with van der Waals surface area (Å²) in [7, 11) is 0. The fraction of sp³-hybridized carbons (Fsp3) is 0.462. The van der Waals surface area contributed by atoms with E-state index in [-0.39, 0.29) is 12.5 Å². The van der Waals surface area contributed by atoms with Gasteiger partial charge >= 0.3 is 0 Å². The molecule has 0 fully saturated rings.